The van der Waals surface area contributed by atoms with Crippen LogP contribution in [0.2, 0.25) is 0 Å². The number of benzene rings is 1. The molecule has 0 aromatic heterocycles. The molecule has 3 heteroatoms. The van der Waals surface area contributed by atoms with Gasteiger partial charge in [-0.15, -0.1) is 0 Å². The van der Waals surface area contributed by atoms with E-state index >= 15 is 0 Å². The van der Waals surface area contributed by atoms with Crippen LogP contribution in [0.25, 0.3) is 0 Å². The van der Waals surface area contributed by atoms with Gasteiger partial charge in [0.2, 0.25) is 0 Å². The fourth-order valence-electron chi connectivity index (χ4n) is 2.54. The van der Waals surface area contributed by atoms with Crippen LogP contribution in [-0.2, 0) is 4.79 Å². The van der Waals surface area contributed by atoms with Crippen LogP contribution in [0, 0.1) is 5.41 Å². The largest absolute Gasteiger partial charge is 0.480 e. The lowest BCUT2D eigenvalue weighted by Crippen LogP contribution is -2.50. The number of nitrogens with one attached hydrogen (secondary N) is 1. The number of para-hydroxylation sites is 1. The Bertz CT molecular complexity index is 415. The molecule has 0 atom stereocenters. The van der Waals surface area contributed by atoms with Crippen molar-refractivity contribution < 1.29 is 9.90 Å². The summed E-state index contributed by atoms with van der Waals surface area (Å²) < 4.78 is 0. The molecule has 0 saturated heterocycles. The second-order valence-electron chi connectivity index (χ2n) is 6.04. The lowest BCUT2D eigenvalue weighted by Gasteiger charge is -2.41. The van der Waals surface area contributed by atoms with Gasteiger partial charge in [-0.2, -0.15) is 0 Å². The highest BCUT2D eigenvalue weighted by Crippen LogP contribution is 2.41. The van der Waals surface area contributed by atoms with Gasteiger partial charge < -0.3 is 10.4 Å². The van der Waals surface area contributed by atoms with Crippen molar-refractivity contribution in [2.24, 2.45) is 5.41 Å². The van der Waals surface area contributed by atoms with E-state index in [4.69, 9.17) is 0 Å². The Morgan fingerprint density at radius 2 is 1.67 bits per heavy atom. The fourth-order valence-corrected chi connectivity index (χ4v) is 2.54. The molecule has 0 aliphatic heterocycles. The molecule has 1 fully saturated rings. The number of hydrogen-bond donors (Lipinski definition) is 2. The molecule has 2 N–H and O–H groups in total. The lowest BCUT2D eigenvalue weighted by molar-refractivity contribution is -0.144. The molecular formula is C15H21NO2. The van der Waals surface area contributed by atoms with E-state index in [9.17, 15) is 9.90 Å². The first-order chi connectivity index (χ1) is 8.44. The minimum Gasteiger partial charge on any atom is -0.480 e. The van der Waals surface area contributed by atoms with Gasteiger partial charge >= 0.3 is 5.97 Å². The molecule has 0 bridgehead atoms. The highest BCUT2D eigenvalue weighted by atomic mass is 16.4. The highest BCUT2D eigenvalue weighted by molar-refractivity contribution is 5.83. The van der Waals surface area contributed by atoms with E-state index in [2.05, 4.69) is 19.2 Å². The van der Waals surface area contributed by atoms with E-state index in [0.717, 1.165) is 18.5 Å². The van der Waals surface area contributed by atoms with E-state index in [0.29, 0.717) is 12.8 Å². The third-order valence-corrected chi connectivity index (χ3v) is 4.02. The highest BCUT2D eigenvalue weighted by Gasteiger charge is 2.44. The average molecular weight is 247 g/mol. The van der Waals surface area contributed by atoms with Crippen molar-refractivity contribution in [2.75, 3.05) is 5.32 Å². The summed E-state index contributed by atoms with van der Waals surface area (Å²) >= 11 is 0. The Hall–Kier alpha value is -1.51. The van der Waals surface area contributed by atoms with Crippen molar-refractivity contribution in [1.29, 1.82) is 0 Å². The van der Waals surface area contributed by atoms with Crippen LogP contribution in [0.3, 0.4) is 0 Å². The topological polar surface area (TPSA) is 49.3 Å². The second-order valence-corrected chi connectivity index (χ2v) is 6.04. The summed E-state index contributed by atoms with van der Waals surface area (Å²) in [6.45, 7) is 4.42. The van der Waals surface area contributed by atoms with Crippen molar-refractivity contribution in [3.63, 3.8) is 0 Å². The number of aliphatic carboxylic acids is 1. The standard InChI is InChI=1S/C15H21NO2/c1-14(2)8-10-15(11-9-14,13(17)18)16-12-6-4-3-5-7-12/h3-7,16H,8-11H2,1-2H3,(H,17,18). The zero-order valence-electron chi connectivity index (χ0n) is 11.1. The van der Waals surface area contributed by atoms with Crippen LogP contribution in [0.4, 0.5) is 5.69 Å². The predicted octanol–water partition coefficient (Wildman–Crippen LogP) is 3.52. The minimum absolute atomic E-state index is 0.261. The molecule has 1 aromatic carbocycles. The molecule has 0 radical (unpaired) electrons. The molecule has 0 amide bonds. The van der Waals surface area contributed by atoms with Crippen molar-refractivity contribution >= 4 is 11.7 Å². The normalized spacial score (nSPS) is 21.2. The van der Waals surface area contributed by atoms with E-state index < -0.39 is 11.5 Å². The molecule has 1 aliphatic rings. The van der Waals surface area contributed by atoms with E-state index in [1.54, 1.807) is 0 Å². The smallest absolute Gasteiger partial charge is 0.329 e. The summed E-state index contributed by atoms with van der Waals surface area (Å²) in [5.41, 5.74) is 0.355. The van der Waals surface area contributed by atoms with Gasteiger partial charge in [0.1, 0.15) is 5.54 Å². The van der Waals surface area contributed by atoms with Crippen molar-refractivity contribution in [2.45, 2.75) is 45.1 Å². The molecule has 0 heterocycles. The first kappa shape index (κ1) is 12.9. The Labute approximate surface area is 108 Å². The third-order valence-electron chi connectivity index (χ3n) is 4.02. The maximum absolute atomic E-state index is 11.6. The van der Waals surface area contributed by atoms with Gasteiger partial charge in [-0.1, -0.05) is 32.0 Å². The van der Waals surface area contributed by atoms with Gasteiger partial charge in [0, 0.05) is 5.69 Å². The summed E-state index contributed by atoms with van der Waals surface area (Å²) in [4.78, 5) is 11.6. The van der Waals surface area contributed by atoms with Gasteiger partial charge in [-0.3, -0.25) is 0 Å². The van der Waals surface area contributed by atoms with Crippen molar-refractivity contribution in [3.8, 4) is 0 Å². The van der Waals surface area contributed by atoms with Crippen LogP contribution in [0.5, 0.6) is 0 Å². The number of carboxylic acid groups (broad SMARTS) is 1. The average Bonchev–Trinajstić information content (AvgIpc) is 2.33. The molecule has 0 spiro atoms. The van der Waals surface area contributed by atoms with Crippen molar-refractivity contribution in [1.82, 2.24) is 0 Å². The zero-order chi connectivity index (χ0) is 13.2. The summed E-state index contributed by atoms with van der Waals surface area (Å²) in [6, 6.07) is 9.62. The van der Waals surface area contributed by atoms with Gasteiger partial charge in [-0.25, -0.2) is 4.79 Å². The number of hydrogen-bond acceptors (Lipinski definition) is 2. The second kappa shape index (κ2) is 4.63. The molecule has 0 unspecified atom stereocenters. The van der Waals surface area contributed by atoms with Crippen LogP contribution >= 0.6 is 0 Å². The molecule has 2 rings (SSSR count). The van der Waals surface area contributed by atoms with Crippen LogP contribution in [0.1, 0.15) is 39.5 Å². The Kier molecular flexibility index (Phi) is 3.33. The van der Waals surface area contributed by atoms with Crippen LogP contribution in [0.15, 0.2) is 30.3 Å². The number of carbonyl (C=O) groups is 1. The molecular weight excluding hydrogens is 226 g/mol. The van der Waals surface area contributed by atoms with Gasteiger partial charge in [-0.05, 0) is 43.2 Å². The molecule has 1 aliphatic carbocycles. The maximum atomic E-state index is 11.6. The minimum atomic E-state index is -0.795. The summed E-state index contributed by atoms with van der Waals surface area (Å²) in [6.07, 6.45) is 3.26. The number of rotatable bonds is 3. The first-order valence-electron chi connectivity index (χ1n) is 6.50. The Morgan fingerprint density at radius 3 is 2.17 bits per heavy atom. The van der Waals surface area contributed by atoms with E-state index in [-0.39, 0.29) is 5.41 Å². The summed E-state index contributed by atoms with van der Waals surface area (Å²) in [5.74, 6) is -0.734. The quantitative estimate of drug-likeness (QED) is 0.859. The van der Waals surface area contributed by atoms with E-state index in [1.165, 1.54) is 0 Å². The number of carboxylic acids is 1. The van der Waals surface area contributed by atoms with Crippen molar-refractivity contribution in [3.05, 3.63) is 30.3 Å². The van der Waals surface area contributed by atoms with Gasteiger partial charge in [0.15, 0.2) is 0 Å². The fraction of sp³-hybridized carbons (Fsp3) is 0.533. The Balaban J connectivity index is 2.17. The number of anilines is 1. The molecule has 1 saturated carbocycles. The van der Waals surface area contributed by atoms with E-state index in [1.807, 2.05) is 30.3 Å². The van der Waals surface area contributed by atoms with Crippen LogP contribution < -0.4 is 5.32 Å². The van der Waals surface area contributed by atoms with Gasteiger partial charge in [0.25, 0.3) is 0 Å². The molecule has 18 heavy (non-hydrogen) atoms. The van der Waals surface area contributed by atoms with Gasteiger partial charge in [0.05, 0.1) is 0 Å². The first-order valence-corrected chi connectivity index (χ1v) is 6.50. The Morgan fingerprint density at radius 1 is 1.11 bits per heavy atom. The third kappa shape index (κ3) is 2.66. The van der Waals surface area contributed by atoms with Crippen LogP contribution in [-0.4, -0.2) is 16.6 Å². The lowest BCUT2D eigenvalue weighted by atomic mass is 9.69. The maximum Gasteiger partial charge on any atom is 0.329 e. The predicted molar refractivity (Wildman–Crippen MR) is 72.7 cm³/mol. The molecule has 98 valence electrons. The molecule has 3 nitrogen and oxygen atoms in total. The monoisotopic (exact) mass is 247 g/mol. The summed E-state index contributed by atoms with van der Waals surface area (Å²) in [5, 5.41) is 12.8. The summed E-state index contributed by atoms with van der Waals surface area (Å²) in [7, 11) is 0. The SMILES string of the molecule is CC1(C)CCC(Nc2ccccc2)(C(=O)O)CC1. The molecule has 1 aromatic rings. The zero-order valence-corrected chi connectivity index (χ0v) is 11.1.